The lowest BCUT2D eigenvalue weighted by molar-refractivity contribution is -0.138. The van der Waals surface area contributed by atoms with E-state index in [2.05, 4.69) is 12.0 Å². The van der Waals surface area contributed by atoms with Crippen molar-refractivity contribution in [2.24, 2.45) is 11.8 Å². The number of hydrogen-bond acceptors (Lipinski definition) is 5. The average Bonchev–Trinajstić information content (AvgIpc) is 3.21. The first kappa shape index (κ1) is 26.2. The van der Waals surface area contributed by atoms with Crippen molar-refractivity contribution >= 4 is 17.5 Å². The van der Waals surface area contributed by atoms with E-state index in [1.807, 2.05) is 4.90 Å². The van der Waals surface area contributed by atoms with E-state index in [0.717, 1.165) is 23.7 Å². The number of nitrogens with zero attached hydrogens (tertiary/aromatic N) is 5. The van der Waals surface area contributed by atoms with Crippen molar-refractivity contribution in [1.82, 2.24) is 19.6 Å². The van der Waals surface area contributed by atoms with E-state index in [1.165, 1.54) is 13.0 Å². The van der Waals surface area contributed by atoms with E-state index in [-0.39, 0.29) is 30.0 Å². The van der Waals surface area contributed by atoms with Gasteiger partial charge < -0.3 is 19.8 Å². The predicted octanol–water partition coefficient (Wildman–Crippen LogP) is 3.06. The fourth-order valence-corrected chi connectivity index (χ4v) is 6.84. The number of aliphatic hydroxyl groups is 1. The highest BCUT2D eigenvalue weighted by molar-refractivity contribution is 5.95. The Morgan fingerprint density at radius 2 is 1.74 bits per heavy atom. The third kappa shape index (κ3) is 4.58. The molecule has 11 heteroatoms. The number of anilines is 1. The lowest BCUT2D eigenvalue weighted by Crippen LogP contribution is -2.50. The quantitative estimate of drug-likeness (QED) is 0.639. The van der Waals surface area contributed by atoms with Crippen LogP contribution in [-0.4, -0.2) is 81.9 Å². The summed E-state index contributed by atoms with van der Waals surface area (Å²) < 4.78 is 41.8. The fourth-order valence-electron chi connectivity index (χ4n) is 6.84. The lowest BCUT2D eigenvalue weighted by atomic mass is 10.0. The van der Waals surface area contributed by atoms with Crippen molar-refractivity contribution < 1.29 is 27.9 Å². The van der Waals surface area contributed by atoms with E-state index < -0.39 is 11.7 Å². The summed E-state index contributed by atoms with van der Waals surface area (Å²) >= 11 is 0. The normalized spacial score (nSPS) is 25.1. The van der Waals surface area contributed by atoms with Gasteiger partial charge in [-0.25, -0.2) is 0 Å². The summed E-state index contributed by atoms with van der Waals surface area (Å²) in [5, 5.41) is 14.5. The molecular weight excluding hydrogens is 511 g/mol. The smallest absolute Gasteiger partial charge is 0.393 e. The number of aromatic nitrogens is 2. The number of likely N-dealkylation sites (tertiary alicyclic amines) is 1. The molecule has 1 saturated carbocycles. The predicted molar refractivity (Wildman–Crippen MR) is 137 cm³/mol. The van der Waals surface area contributed by atoms with E-state index in [1.54, 1.807) is 20.5 Å². The van der Waals surface area contributed by atoms with Gasteiger partial charge in [0.05, 0.1) is 11.7 Å². The Labute approximate surface area is 225 Å². The summed E-state index contributed by atoms with van der Waals surface area (Å²) in [6.07, 6.45) is -2.85. The first-order chi connectivity index (χ1) is 18.5. The van der Waals surface area contributed by atoms with Crippen LogP contribution in [0.25, 0.3) is 0 Å². The molecule has 0 radical (unpaired) electrons. The average molecular weight is 546 g/mol. The molecule has 2 amide bonds. The van der Waals surface area contributed by atoms with Gasteiger partial charge in [0.15, 0.2) is 5.69 Å². The summed E-state index contributed by atoms with van der Waals surface area (Å²) in [5.41, 5.74) is 2.55. The van der Waals surface area contributed by atoms with Gasteiger partial charge in [-0.2, -0.15) is 18.3 Å². The molecule has 39 heavy (non-hydrogen) atoms. The molecule has 8 nitrogen and oxygen atoms in total. The van der Waals surface area contributed by atoms with Crippen LogP contribution < -0.4 is 4.90 Å². The van der Waals surface area contributed by atoms with Crippen LogP contribution in [0.3, 0.4) is 0 Å². The van der Waals surface area contributed by atoms with Crippen LogP contribution in [0.15, 0.2) is 18.2 Å². The zero-order chi connectivity index (χ0) is 27.6. The molecule has 210 valence electrons. The van der Waals surface area contributed by atoms with Crippen molar-refractivity contribution in [3.8, 4) is 0 Å². The van der Waals surface area contributed by atoms with Gasteiger partial charge >= 0.3 is 6.18 Å². The summed E-state index contributed by atoms with van der Waals surface area (Å²) in [5.74, 6) is 1.10. The number of hydrogen-bond donors (Lipinski definition) is 1. The van der Waals surface area contributed by atoms with Crippen molar-refractivity contribution in [2.75, 3.05) is 44.2 Å². The maximum atomic E-state index is 13.4. The first-order valence-electron chi connectivity index (χ1n) is 13.8. The van der Waals surface area contributed by atoms with Gasteiger partial charge in [0.25, 0.3) is 5.91 Å². The second kappa shape index (κ2) is 9.53. The Hall–Kier alpha value is -3.08. The largest absolute Gasteiger partial charge is 0.416 e. The Morgan fingerprint density at radius 3 is 2.41 bits per heavy atom. The minimum Gasteiger partial charge on any atom is -0.393 e. The zero-order valence-corrected chi connectivity index (χ0v) is 22.2. The topological polar surface area (TPSA) is 81.9 Å². The van der Waals surface area contributed by atoms with Crippen LogP contribution in [0.4, 0.5) is 18.9 Å². The van der Waals surface area contributed by atoms with Crippen molar-refractivity contribution in [3.63, 3.8) is 0 Å². The van der Waals surface area contributed by atoms with Crippen molar-refractivity contribution in [1.29, 1.82) is 0 Å². The highest BCUT2D eigenvalue weighted by Gasteiger charge is 2.56. The number of rotatable bonds is 4. The number of piperidine rings is 1. The number of piperazine rings is 1. The summed E-state index contributed by atoms with van der Waals surface area (Å²) in [6, 6.07) is 4.22. The van der Waals surface area contributed by atoms with Crippen LogP contribution in [0.1, 0.15) is 58.6 Å². The fraction of sp³-hybridized carbons (Fsp3) is 0.607. The molecule has 3 heterocycles. The van der Waals surface area contributed by atoms with E-state index in [0.29, 0.717) is 81.2 Å². The van der Waals surface area contributed by atoms with E-state index in [4.69, 9.17) is 0 Å². The van der Waals surface area contributed by atoms with Crippen LogP contribution in [0, 0.1) is 18.8 Å². The maximum absolute atomic E-state index is 13.4. The number of carbonyl (C=O) groups excluding carboxylic acids is 2. The van der Waals surface area contributed by atoms with Gasteiger partial charge in [-0.3, -0.25) is 14.3 Å². The Kier molecular flexibility index (Phi) is 6.39. The number of carbonyl (C=O) groups is 2. The number of aliphatic hydroxyl groups excluding tert-OH is 1. The Balaban J connectivity index is 1.15. The Bertz CT molecular complexity index is 1290. The minimum atomic E-state index is -4.41. The lowest BCUT2D eigenvalue weighted by Gasteiger charge is -2.37. The molecular formula is C28H34F3N5O3. The Morgan fingerprint density at radius 1 is 1.05 bits per heavy atom. The number of benzene rings is 1. The van der Waals surface area contributed by atoms with E-state index >= 15 is 0 Å². The van der Waals surface area contributed by atoms with Crippen LogP contribution in [-0.2, 0) is 23.9 Å². The molecule has 3 fully saturated rings. The summed E-state index contributed by atoms with van der Waals surface area (Å²) in [7, 11) is 0. The minimum absolute atomic E-state index is 0.0464. The van der Waals surface area contributed by atoms with Crippen LogP contribution in [0.2, 0.25) is 0 Å². The molecule has 0 spiro atoms. The highest BCUT2D eigenvalue weighted by Crippen LogP contribution is 2.62. The van der Waals surface area contributed by atoms with Gasteiger partial charge in [0.2, 0.25) is 5.91 Å². The third-order valence-corrected chi connectivity index (χ3v) is 9.25. The van der Waals surface area contributed by atoms with Crippen molar-refractivity contribution in [2.45, 2.75) is 57.9 Å². The second-order valence-electron chi connectivity index (χ2n) is 11.5. The standard InChI is InChI=1S/C28H34F3N5O3/c1-16-19-14-22-25(24(16)19)26(27(39)35-8-6-18(37)7-9-35)32-36(22)15-23(38)34-12-10-33(11-13-34)21-5-3-4-20(17(21)2)28(29,30)31/h3-5,16,18-19,24,37H,6-15H2,1-2H3/t16-,19+,24-/m1/s1. The molecule has 1 aromatic carbocycles. The van der Waals surface area contributed by atoms with Gasteiger partial charge in [-0.15, -0.1) is 0 Å². The molecule has 2 aliphatic heterocycles. The molecule has 2 aromatic rings. The number of amides is 2. The second-order valence-corrected chi connectivity index (χ2v) is 11.5. The monoisotopic (exact) mass is 545 g/mol. The molecule has 0 bridgehead atoms. The molecule has 1 N–H and O–H groups in total. The molecule has 6 rings (SSSR count). The first-order valence-corrected chi connectivity index (χ1v) is 13.8. The summed E-state index contributed by atoms with van der Waals surface area (Å²) in [4.78, 5) is 32.1. The van der Waals surface area contributed by atoms with Gasteiger partial charge in [0, 0.05) is 56.2 Å². The maximum Gasteiger partial charge on any atom is 0.416 e. The molecule has 4 aliphatic rings. The zero-order valence-electron chi connectivity index (χ0n) is 22.2. The molecule has 1 aromatic heterocycles. The van der Waals surface area contributed by atoms with E-state index in [9.17, 15) is 27.9 Å². The highest BCUT2D eigenvalue weighted by atomic mass is 19.4. The van der Waals surface area contributed by atoms with Gasteiger partial charge in [0.1, 0.15) is 6.54 Å². The molecule has 2 aliphatic carbocycles. The SMILES string of the molecule is Cc1c(N2CCN(C(=O)Cn3nc(C(=O)N4CCC(O)CC4)c4c3C[C@H]3[C@@H](C)[C@@H]43)CC2)cccc1C(F)(F)F. The van der Waals surface area contributed by atoms with Crippen molar-refractivity contribution in [3.05, 3.63) is 46.3 Å². The van der Waals surface area contributed by atoms with Gasteiger partial charge in [-0.05, 0) is 61.6 Å². The van der Waals surface area contributed by atoms with Crippen LogP contribution in [0.5, 0.6) is 0 Å². The molecule has 0 unspecified atom stereocenters. The molecule has 3 atom stereocenters. The van der Waals surface area contributed by atoms with Gasteiger partial charge in [-0.1, -0.05) is 13.0 Å². The number of halogens is 3. The number of alkyl halides is 3. The number of fused-ring (bicyclic) bond motifs is 3. The third-order valence-electron chi connectivity index (χ3n) is 9.25. The summed E-state index contributed by atoms with van der Waals surface area (Å²) in [6.45, 7) is 6.42. The molecule has 2 saturated heterocycles. The van der Waals surface area contributed by atoms with Crippen LogP contribution >= 0.6 is 0 Å².